The fourth-order valence-corrected chi connectivity index (χ4v) is 2.12. The first-order valence-corrected chi connectivity index (χ1v) is 6.40. The number of hydrogen-bond acceptors (Lipinski definition) is 6. The van der Waals surface area contributed by atoms with E-state index in [1.54, 1.807) is 7.11 Å². The van der Waals surface area contributed by atoms with Gasteiger partial charge in [-0.3, -0.25) is 0 Å². The third-order valence-corrected chi connectivity index (χ3v) is 3.15. The Morgan fingerprint density at radius 2 is 2.37 bits per heavy atom. The van der Waals surface area contributed by atoms with Crippen LogP contribution in [0.2, 0.25) is 0 Å². The number of ether oxygens (including phenoxy) is 2. The Bertz CT molecular complexity index is 434. The van der Waals surface area contributed by atoms with E-state index in [4.69, 9.17) is 19.1 Å². The molecule has 1 fully saturated rings. The fraction of sp³-hybridized carbons (Fsp3) is 0.750. The highest BCUT2D eigenvalue weighted by Crippen LogP contribution is 2.32. The Kier molecular flexibility index (Phi) is 4.49. The van der Waals surface area contributed by atoms with Crippen molar-refractivity contribution in [1.29, 1.82) is 0 Å². The summed E-state index contributed by atoms with van der Waals surface area (Å²) in [5.74, 6) is -0.137. The lowest BCUT2D eigenvalue weighted by Gasteiger charge is -2.08. The summed E-state index contributed by atoms with van der Waals surface area (Å²) in [5, 5.41) is 12.7. The van der Waals surface area contributed by atoms with Crippen LogP contribution in [-0.4, -0.2) is 34.4 Å². The first kappa shape index (κ1) is 14.0. The molecule has 7 nitrogen and oxygen atoms in total. The number of aliphatic carboxylic acids is 1. The molecular formula is C12H18N2O5. The second kappa shape index (κ2) is 6.12. The van der Waals surface area contributed by atoms with Gasteiger partial charge in [0.05, 0.1) is 0 Å². The Morgan fingerprint density at radius 3 is 2.95 bits per heavy atom. The minimum absolute atomic E-state index is 0.195. The Morgan fingerprint density at radius 1 is 1.58 bits per heavy atom. The van der Waals surface area contributed by atoms with E-state index in [0.717, 1.165) is 12.8 Å². The molecule has 3 atom stereocenters. The minimum atomic E-state index is -0.956. The first-order chi connectivity index (χ1) is 9.15. The molecule has 0 spiro atoms. The monoisotopic (exact) mass is 270 g/mol. The van der Waals surface area contributed by atoms with E-state index >= 15 is 0 Å². The van der Waals surface area contributed by atoms with Crippen LogP contribution in [0.15, 0.2) is 4.52 Å². The molecule has 0 amide bonds. The van der Waals surface area contributed by atoms with Crippen molar-refractivity contribution in [3.63, 3.8) is 0 Å². The maximum atomic E-state index is 10.8. The molecule has 2 rings (SSSR count). The SMILES string of the molecule is CCCC(OC)c1noc(C2CCC(C(=O)O)O2)n1. The molecule has 3 unspecified atom stereocenters. The van der Waals surface area contributed by atoms with E-state index in [0.29, 0.717) is 24.6 Å². The van der Waals surface area contributed by atoms with E-state index in [2.05, 4.69) is 10.1 Å². The summed E-state index contributed by atoms with van der Waals surface area (Å²) in [6, 6.07) is 0. The zero-order chi connectivity index (χ0) is 13.8. The van der Waals surface area contributed by atoms with Gasteiger partial charge < -0.3 is 19.1 Å². The zero-order valence-electron chi connectivity index (χ0n) is 11.0. The second-order valence-corrected chi connectivity index (χ2v) is 4.53. The highest BCUT2D eigenvalue weighted by Gasteiger charge is 2.35. The van der Waals surface area contributed by atoms with E-state index in [9.17, 15) is 4.79 Å². The van der Waals surface area contributed by atoms with Gasteiger partial charge in [0.1, 0.15) is 12.2 Å². The highest BCUT2D eigenvalue weighted by atomic mass is 16.6. The predicted molar refractivity (Wildman–Crippen MR) is 63.4 cm³/mol. The van der Waals surface area contributed by atoms with Crippen LogP contribution in [0.4, 0.5) is 0 Å². The summed E-state index contributed by atoms with van der Waals surface area (Å²) in [6.45, 7) is 2.05. The van der Waals surface area contributed by atoms with Gasteiger partial charge in [0.25, 0.3) is 5.89 Å². The molecule has 0 radical (unpaired) electrons. The van der Waals surface area contributed by atoms with Crippen molar-refractivity contribution < 1.29 is 23.9 Å². The average molecular weight is 270 g/mol. The molecule has 0 aromatic carbocycles. The van der Waals surface area contributed by atoms with Gasteiger partial charge in [0, 0.05) is 7.11 Å². The van der Waals surface area contributed by atoms with Crippen molar-refractivity contribution >= 4 is 5.97 Å². The molecule has 19 heavy (non-hydrogen) atoms. The lowest BCUT2D eigenvalue weighted by Crippen LogP contribution is -2.18. The van der Waals surface area contributed by atoms with E-state index in [1.807, 2.05) is 6.92 Å². The van der Waals surface area contributed by atoms with Crippen molar-refractivity contribution in [2.24, 2.45) is 0 Å². The van der Waals surface area contributed by atoms with Gasteiger partial charge in [-0.15, -0.1) is 0 Å². The summed E-state index contributed by atoms with van der Waals surface area (Å²) in [7, 11) is 1.60. The van der Waals surface area contributed by atoms with Gasteiger partial charge in [-0.2, -0.15) is 4.98 Å². The standard InChI is InChI=1S/C12H18N2O5/c1-3-4-7(17-2)10-13-11(19-14-10)8-5-6-9(18-8)12(15)16/h7-9H,3-6H2,1-2H3,(H,15,16). The van der Waals surface area contributed by atoms with E-state index in [-0.39, 0.29) is 6.10 Å². The molecule has 1 aromatic rings. The third kappa shape index (κ3) is 3.10. The van der Waals surface area contributed by atoms with Gasteiger partial charge in [-0.25, -0.2) is 4.79 Å². The molecule has 1 aliphatic heterocycles. The number of methoxy groups -OCH3 is 1. The van der Waals surface area contributed by atoms with Crippen LogP contribution in [0.1, 0.15) is 56.5 Å². The number of hydrogen-bond donors (Lipinski definition) is 1. The molecule has 0 bridgehead atoms. The lowest BCUT2D eigenvalue weighted by atomic mass is 10.2. The first-order valence-electron chi connectivity index (χ1n) is 6.40. The second-order valence-electron chi connectivity index (χ2n) is 4.53. The van der Waals surface area contributed by atoms with E-state index < -0.39 is 18.2 Å². The number of carboxylic acid groups (broad SMARTS) is 1. The quantitative estimate of drug-likeness (QED) is 0.842. The number of aromatic nitrogens is 2. The van der Waals surface area contributed by atoms with Gasteiger partial charge in [-0.1, -0.05) is 18.5 Å². The average Bonchev–Trinajstić information content (AvgIpc) is 3.03. The predicted octanol–water partition coefficient (Wildman–Crippen LogP) is 1.86. The summed E-state index contributed by atoms with van der Waals surface area (Å²) < 4.78 is 15.8. The van der Waals surface area contributed by atoms with Crippen molar-refractivity contribution in [2.75, 3.05) is 7.11 Å². The smallest absolute Gasteiger partial charge is 0.332 e. The van der Waals surface area contributed by atoms with Crippen LogP contribution in [0.3, 0.4) is 0 Å². The van der Waals surface area contributed by atoms with Crippen molar-refractivity contribution in [1.82, 2.24) is 10.1 Å². The van der Waals surface area contributed by atoms with Gasteiger partial charge in [0.2, 0.25) is 5.82 Å². The van der Waals surface area contributed by atoms with E-state index in [1.165, 1.54) is 0 Å². The molecular weight excluding hydrogens is 252 g/mol. The fourth-order valence-electron chi connectivity index (χ4n) is 2.12. The maximum absolute atomic E-state index is 10.8. The molecule has 106 valence electrons. The number of carboxylic acids is 1. The van der Waals surface area contributed by atoms with Crippen LogP contribution < -0.4 is 0 Å². The zero-order valence-corrected chi connectivity index (χ0v) is 11.0. The van der Waals surface area contributed by atoms with Crippen LogP contribution in [0, 0.1) is 0 Å². The third-order valence-electron chi connectivity index (χ3n) is 3.15. The number of carbonyl (C=O) groups is 1. The largest absolute Gasteiger partial charge is 0.479 e. The molecule has 7 heteroatoms. The molecule has 1 aliphatic rings. The van der Waals surface area contributed by atoms with Gasteiger partial charge in [0.15, 0.2) is 6.10 Å². The number of rotatable bonds is 6. The molecule has 2 heterocycles. The van der Waals surface area contributed by atoms with Crippen molar-refractivity contribution in [3.05, 3.63) is 11.7 Å². The molecule has 1 aromatic heterocycles. The van der Waals surface area contributed by atoms with Gasteiger partial charge >= 0.3 is 5.97 Å². The van der Waals surface area contributed by atoms with Crippen molar-refractivity contribution in [3.8, 4) is 0 Å². The molecule has 0 saturated carbocycles. The Hall–Kier alpha value is -1.47. The Labute approximate surface area is 110 Å². The summed E-state index contributed by atoms with van der Waals surface area (Å²) in [5.41, 5.74) is 0. The molecule has 1 N–H and O–H groups in total. The lowest BCUT2D eigenvalue weighted by molar-refractivity contribution is -0.150. The van der Waals surface area contributed by atoms with Crippen LogP contribution >= 0.6 is 0 Å². The molecule has 0 aliphatic carbocycles. The summed E-state index contributed by atoms with van der Waals surface area (Å²) in [4.78, 5) is 15.1. The van der Waals surface area contributed by atoms with Crippen LogP contribution in [-0.2, 0) is 14.3 Å². The normalized spacial score (nSPS) is 24.5. The van der Waals surface area contributed by atoms with Gasteiger partial charge in [-0.05, 0) is 19.3 Å². The maximum Gasteiger partial charge on any atom is 0.332 e. The van der Waals surface area contributed by atoms with Crippen LogP contribution in [0.25, 0.3) is 0 Å². The van der Waals surface area contributed by atoms with Crippen LogP contribution in [0.5, 0.6) is 0 Å². The highest BCUT2D eigenvalue weighted by molar-refractivity contribution is 5.72. The summed E-state index contributed by atoms with van der Waals surface area (Å²) in [6.07, 6.45) is 1.38. The molecule has 1 saturated heterocycles. The number of nitrogens with zero attached hydrogens (tertiary/aromatic N) is 2. The summed E-state index contributed by atoms with van der Waals surface area (Å²) >= 11 is 0. The van der Waals surface area contributed by atoms with Crippen molar-refractivity contribution in [2.45, 2.75) is 50.9 Å². The Balaban J connectivity index is 2.03. The minimum Gasteiger partial charge on any atom is -0.479 e. The topological polar surface area (TPSA) is 94.7 Å².